The van der Waals surface area contributed by atoms with E-state index in [-0.39, 0.29) is 30.0 Å². The van der Waals surface area contributed by atoms with E-state index in [4.69, 9.17) is 4.74 Å². The fraction of sp³-hybridized carbons (Fsp3) is 0.0833. The Hall–Kier alpha value is -2.22. The maximum absolute atomic E-state index is 12.9. The number of nitrogens with zero attached hydrogens (tertiary/aromatic N) is 2. The van der Waals surface area contributed by atoms with E-state index in [1.54, 1.807) is 30.3 Å². The number of amides is 2. The van der Waals surface area contributed by atoms with E-state index in [0.29, 0.717) is 25.2 Å². The number of hydrogen-bond acceptors (Lipinski definition) is 6. The average Bonchev–Trinajstić information content (AvgIpc) is 3.07. The third-order valence-corrected chi connectivity index (χ3v) is 7.78. The van der Waals surface area contributed by atoms with Gasteiger partial charge in [-0.3, -0.25) is 24.6 Å². The molecule has 0 unspecified atom stereocenters. The lowest BCUT2D eigenvalue weighted by Gasteiger charge is -2.13. The Morgan fingerprint density at radius 2 is 1.60 bits per heavy atom. The van der Waals surface area contributed by atoms with E-state index in [0.717, 1.165) is 26.5 Å². The molecule has 0 radical (unpaired) electrons. The van der Waals surface area contributed by atoms with Crippen molar-refractivity contribution in [1.29, 1.82) is 0 Å². The van der Waals surface area contributed by atoms with E-state index >= 15 is 0 Å². The van der Waals surface area contributed by atoms with Gasteiger partial charge in [0.15, 0.2) is 0 Å². The summed E-state index contributed by atoms with van der Waals surface area (Å²) in [5.74, 6) is 0.219. The van der Waals surface area contributed by atoms with Crippen molar-refractivity contribution in [2.24, 2.45) is 0 Å². The Labute approximate surface area is 235 Å². The lowest BCUT2D eigenvalue weighted by molar-refractivity contribution is -0.384. The third-order valence-electron chi connectivity index (χ3n) is 4.98. The largest absolute Gasteiger partial charge is 0.487 e. The van der Waals surface area contributed by atoms with Crippen LogP contribution in [0.25, 0.3) is 6.08 Å². The predicted octanol–water partition coefficient (Wildman–Crippen LogP) is 7.54. The van der Waals surface area contributed by atoms with E-state index in [2.05, 4.69) is 54.5 Å². The van der Waals surface area contributed by atoms with Gasteiger partial charge in [-0.15, -0.1) is 0 Å². The summed E-state index contributed by atoms with van der Waals surface area (Å²) in [6.45, 7) is 0.438. The Kier molecular flexibility index (Phi) is 8.30. The highest BCUT2D eigenvalue weighted by atomic mass is 127. The van der Waals surface area contributed by atoms with Gasteiger partial charge in [0.1, 0.15) is 12.4 Å². The first-order chi connectivity index (χ1) is 16.7. The van der Waals surface area contributed by atoms with Gasteiger partial charge in [-0.25, -0.2) is 0 Å². The van der Waals surface area contributed by atoms with Crippen molar-refractivity contribution in [3.8, 4) is 5.75 Å². The van der Waals surface area contributed by atoms with Crippen LogP contribution in [0.3, 0.4) is 0 Å². The Morgan fingerprint density at radius 3 is 2.20 bits per heavy atom. The lowest BCUT2D eigenvalue weighted by atomic mass is 10.2. The number of carbonyl (C=O) groups excluding carboxylic acids is 2. The quantitative estimate of drug-likeness (QED) is 0.108. The lowest BCUT2D eigenvalue weighted by Crippen LogP contribution is -2.27. The molecule has 1 saturated heterocycles. The van der Waals surface area contributed by atoms with Gasteiger partial charge >= 0.3 is 0 Å². The van der Waals surface area contributed by atoms with Crippen molar-refractivity contribution >= 4 is 89.1 Å². The molecule has 1 heterocycles. The molecule has 0 aliphatic carbocycles. The maximum Gasteiger partial charge on any atom is 0.293 e. The van der Waals surface area contributed by atoms with Crippen LogP contribution in [0.15, 0.2) is 74.5 Å². The molecule has 0 N–H and O–H groups in total. The minimum Gasteiger partial charge on any atom is -0.487 e. The SMILES string of the molecule is O=C1S/C(=C\c2cc(Br)c(OCc3ccc([N+](=O)[O-])cc3)c(Br)c2)C(=O)N1Cc1ccc(I)cc1. The van der Waals surface area contributed by atoms with Crippen LogP contribution in [0.2, 0.25) is 0 Å². The van der Waals surface area contributed by atoms with Crippen LogP contribution in [0.1, 0.15) is 16.7 Å². The molecule has 3 aromatic carbocycles. The highest BCUT2D eigenvalue weighted by Gasteiger charge is 2.35. The third kappa shape index (κ3) is 6.32. The molecular weight excluding hydrogens is 715 g/mol. The zero-order valence-electron chi connectivity index (χ0n) is 17.7. The second kappa shape index (κ2) is 11.2. The average molecular weight is 730 g/mol. The Morgan fingerprint density at radius 1 is 1.00 bits per heavy atom. The number of imide groups is 1. The van der Waals surface area contributed by atoms with Crippen LogP contribution in [-0.2, 0) is 17.9 Å². The van der Waals surface area contributed by atoms with Crippen LogP contribution in [0, 0.1) is 13.7 Å². The van der Waals surface area contributed by atoms with Crippen molar-refractivity contribution in [3.05, 3.63) is 105 Å². The van der Waals surface area contributed by atoms with Crippen molar-refractivity contribution in [2.45, 2.75) is 13.2 Å². The molecule has 1 fully saturated rings. The van der Waals surface area contributed by atoms with Crippen LogP contribution in [-0.4, -0.2) is 21.0 Å². The molecule has 1 aliphatic heterocycles. The Balaban J connectivity index is 1.47. The molecule has 35 heavy (non-hydrogen) atoms. The number of rotatable bonds is 7. The first-order valence-electron chi connectivity index (χ1n) is 10.1. The van der Waals surface area contributed by atoms with Crippen LogP contribution < -0.4 is 4.74 Å². The number of ether oxygens (including phenoxy) is 1. The van der Waals surface area contributed by atoms with E-state index in [9.17, 15) is 19.7 Å². The van der Waals surface area contributed by atoms with Crippen molar-refractivity contribution in [2.75, 3.05) is 0 Å². The summed E-state index contributed by atoms with van der Waals surface area (Å²) in [5.41, 5.74) is 2.39. The molecule has 0 bridgehead atoms. The van der Waals surface area contributed by atoms with E-state index in [1.807, 2.05) is 24.3 Å². The van der Waals surface area contributed by atoms with Crippen LogP contribution >= 0.6 is 66.2 Å². The van der Waals surface area contributed by atoms with E-state index in [1.165, 1.54) is 17.0 Å². The molecule has 0 spiro atoms. The predicted molar refractivity (Wildman–Crippen MR) is 150 cm³/mol. The van der Waals surface area contributed by atoms with Crippen LogP contribution in [0.5, 0.6) is 5.75 Å². The van der Waals surface area contributed by atoms with Crippen LogP contribution in [0.4, 0.5) is 10.5 Å². The van der Waals surface area contributed by atoms with Crippen molar-refractivity contribution in [1.82, 2.24) is 4.90 Å². The molecular formula is C24H15Br2IN2O5S. The molecule has 3 aromatic rings. The van der Waals surface area contributed by atoms with Gasteiger partial charge in [0.25, 0.3) is 16.8 Å². The number of thioether (sulfide) groups is 1. The monoisotopic (exact) mass is 728 g/mol. The minimum atomic E-state index is -0.451. The summed E-state index contributed by atoms with van der Waals surface area (Å²) in [4.78, 5) is 37.3. The molecule has 4 rings (SSSR count). The molecule has 178 valence electrons. The molecule has 0 saturated carbocycles. The highest BCUT2D eigenvalue weighted by Crippen LogP contribution is 2.38. The summed E-state index contributed by atoms with van der Waals surface area (Å²) < 4.78 is 8.27. The first-order valence-corrected chi connectivity index (χ1v) is 13.5. The smallest absolute Gasteiger partial charge is 0.293 e. The minimum absolute atomic E-state index is 0.0171. The molecule has 0 aromatic heterocycles. The number of carbonyl (C=O) groups is 2. The fourth-order valence-electron chi connectivity index (χ4n) is 3.23. The molecule has 7 nitrogen and oxygen atoms in total. The summed E-state index contributed by atoms with van der Waals surface area (Å²) in [7, 11) is 0. The number of halogens is 3. The molecule has 1 aliphatic rings. The normalized spacial score (nSPS) is 14.6. The van der Waals surface area contributed by atoms with Gasteiger partial charge in [0, 0.05) is 15.7 Å². The van der Waals surface area contributed by atoms with Gasteiger partial charge < -0.3 is 4.74 Å². The molecule has 11 heteroatoms. The summed E-state index contributed by atoms with van der Waals surface area (Å²) in [5, 5.41) is 10.5. The number of nitro benzene ring substituents is 1. The number of benzene rings is 3. The topological polar surface area (TPSA) is 89.7 Å². The highest BCUT2D eigenvalue weighted by molar-refractivity contribution is 14.1. The second-order valence-electron chi connectivity index (χ2n) is 7.42. The molecule has 2 amide bonds. The first kappa shape index (κ1) is 25.9. The van der Waals surface area contributed by atoms with Gasteiger partial charge in [-0.05, 0) is 125 Å². The van der Waals surface area contributed by atoms with E-state index < -0.39 is 4.92 Å². The second-order valence-corrected chi connectivity index (χ2v) is 11.4. The summed E-state index contributed by atoms with van der Waals surface area (Å²) >= 11 is 10.1. The number of non-ortho nitro benzene ring substituents is 1. The standard InChI is InChI=1S/C24H15Br2IN2O5S/c25-19-9-16(10-20(26)22(19)34-13-15-3-7-18(8-4-15)29(32)33)11-21-23(30)28(24(31)35-21)12-14-1-5-17(27)6-2-14/h1-11H,12-13H2/b21-11-. The molecule has 0 atom stereocenters. The van der Waals surface area contributed by atoms with Gasteiger partial charge in [0.2, 0.25) is 0 Å². The maximum atomic E-state index is 12.9. The Bertz CT molecular complexity index is 1320. The fourth-order valence-corrected chi connectivity index (χ4v) is 5.88. The van der Waals surface area contributed by atoms with Crippen molar-refractivity contribution < 1.29 is 19.2 Å². The summed E-state index contributed by atoms with van der Waals surface area (Å²) in [6.07, 6.45) is 1.68. The number of nitro groups is 1. The zero-order chi connectivity index (χ0) is 25.1. The zero-order valence-corrected chi connectivity index (χ0v) is 23.9. The van der Waals surface area contributed by atoms with Gasteiger partial charge in [0.05, 0.1) is 25.3 Å². The van der Waals surface area contributed by atoms with Crippen molar-refractivity contribution in [3.63, 3.8) is 0 Å². The summed E-state index contributed by atoms with van der Waals surface area (Å²) in [6, 6.07) is 17.4. The van der Waals surface area contributed by atoms with Gasteiger partial charge in [-0.2, -0.15) is 0 Å². The van der Waals surface area contributed by atoms with Gasteiger partial charge in [-0.1, -0.05) is 12.1 Å². The number of hydrogen-bond donors (Lipinski definition) is 0.